The summed E-state index contributed by atoms with van der Waals surface area (Å²) in [6.07, 6.45) is 1.64. The summed E-state index contributed by atoms with van der Waals surface area (Å²) < 4.78 is 0. The van der Waals surface area contributed by atoms with Crippen molar-refractivity contribution >= 4 is 46.5 Å². The van der Waals surface area contributed by atoms with Crippen molar-refractivity contribution < 1.29 is 9.59 Å². The van der Waals surface area contributed by atoms with E-state index in [1.54, 1.807) is 24.4 Å². The van der Waals surface area contributed by atoms with Gasteiger partial charge in [0.1, 0.15) is 16.8 Å². The van der Waals surface area contributed by atoms with Crippen molar-refractivity contribution in [1.29, 1.82) is 0 Å². The summed E-state index contributed by atoms with van der Waals surface area (Å²) in [5, 5.41) is 13.3. The van der Waals surface area contributed by atoms with Gasteiger partial charge in [-0.1, -0.05) is 11.6 Å². The number of aromatic nitrogens is 2. The molecule has 0 spiro atoms. The fourth-order valence-electron chi connectivity index (χ4n) is 2.45. The normalized spacial score (nSPS) is 18.6. The van der Waals surface area contributed by atoms with Crippen LogP contribution in [0.15, 0.2) is 34.6 Å². The van der Waals surface area contributed by atoms with E-state index in [9.17, 15) is 9.59 Å². The maximum absolute atomic E-state index is 12.0. The van der Waals surface area contributed by atoms with Crippen LogP contribution >= 0.6 is 11.6 Å². The van der Waals surface area contributed by atoms with Gasteiger partial charge in [-0.15, -0.1) is 10.2 Å². The molecule has 0 saturated heterocycles. The van der Waals surface area contributed by atoms with Crippen LogP contribution < -0.4 is 10.6 Å². The molecule has 24 heavy (non-hydrogen) atoms. The number of pyridine rings is 2. The first-order chi connectivity index (χ1) is 11.5. The van der Waals surface area contributed by atoms with E-state index in [1.807, 2.05) is 6.92 Å². The molecule has 8 nitrogen and oxygen atoms in total. The van der Waals surface area contributed by atoms with Gasteiger partial charge in [-0.25, -0.2) is 9.97 Å². The number of nitrogens with zero attached hydrogens (tertiary/aromatic N) is 4. The van der Waals surface area contributed by atoms with Crippen LogP contribution in [-0.2, 0) is 9.59 Å². The van der Waals surface area contributed by atoms with Crippen LogP contribution in [0.1, 0.15) is 16.7 Å². The maximum Gasteiger partial charge on any atom is 0.278 e. The molecule has 9 heteroatoms. The molecule has 2 amide bonds. The lowest BCUT2D eigenvalue weighted by Gasteiger charge is -1.97. The Bertz CT molecular complexity index is 982. The number of amides is 2. The Kier molecular flexibility index (Phi) is 3.14. The summed E-state index contributed by atoms with van der Waals surface area (Å²) in [5.74, 6) is -0.125. The average Bonchev–Trinajstić information content (AvgIpc) is 3.00. The van der Waals surface area contributed by atoms with Crippen molar-refractivity contribution in [1.82, 2.24) is 9.97 Å². The molecule has 0 atom stereocenters. The largest absolute Gasteiger partial charge is 0.305 e. The number of hydrogen-bond donors (Lipinski definition) is 2. The second kappa shape index (κ2) is 5.20. The first-order valence-electron chi connectivity index (χ1n) is 6.95. The third kappa shape index (κ3) is 2.24. The molecule has 2 aromatic heterocycles. The van der Waals surface area contributed by atoms with Gasteiger partial charge in [0.25, 0.3) is 11.8 Å². The van der Waals surface area contributed by atoms with Gasteiger partial charge in [0.05, 0.1) is 11.1 Å². The fourth-order valence-corrected chi connectivity index (χ4v) is 2.60. The second-order valence-corrected chi connectivity index (χ2v) is 5.63. The minimum Gasteiger partial charge on any atom is -0.305 e. The highest BCUT2D eigenvalue weighted by Gasteiger charge is 2.30. The van der Waals surface area contributed by atoms with Gasteiger partial charge in [-0.05, 0) is 30.7 Å². The zero-order chi connectivity index (χ0) is 16.8. The van der Waals surface area contributed by atoms with Crippen molar-refractivity contribution in [3.05, 3.63) is 46.2 Å². The lowest BCUT2D eigenvalue weighted by Crippen LogP contribution is -2.16. The van der Waals surface area contributed by atoms with Gasteiger partial charge in [0, 0.05) is 6.20 Å². The molecule has 0 radical (unpaired) electrons. The minimum absolute atomic E-state index is 0.0727. The molecule has 2 aromatic rings. The van der Waals surface area contributed by atoms with Crippen LogP contribution in [0, 0.1) is 6.92 Å². The van der Waals surface area contributed by atoms with Crippen molar-refractivity contribution in [2.24, 2.45) is 10.2 Å². The summed E-state index contributed by atoms with van der Waals surface area (Å²) in [5.41, 5.74) is 2.10. The number of aryl methyl sites for hydroxylation is 1. The topological polar surface area (TPSA) is 109 Å². The molecule has 2 aliphatic heterocycles. The van der Waals surface area contributed by atoms with E-state index in [-0.39, 0.29) is 16.6 Å². The van der Waals surface area contributed by atoms with Gasteiger partial charge < -0.3 is 10.6 Å². The standard InChI is InChI=1S/C15H9ClN6O2/c1-6-4-8-11(15(24)19-12(8)17-5-6)22-21-10-7-2-3-9(16)18-13(7)20-14(10)23/h2-5H,1H3,(H,17,19,22,24)(H,18,20,21,23). The lowest BCUT2D eigenvalue weighted by molar-refractivity contribution is -0.111. The highest BCUT2D eigenvalue weighted by Crippen LogP contribution is 2.25. The Labute approximate surface area is 140 Å². The number of rotatable bonds is 1. The molecule has 4 rings (SSSR count). The van der Waals surface area contributed by atoms with Crippen molar-refractivity contribution in [3.8, 4) is 0 Å². The Hall–Kier alpha value is -3.13. The summed E-state index contributed by atoms with van der Waals surface area (Å²) in [6, 6.07) is 4.95. The number of halogens is 1. The third-order valence-electron chi connectivity index (χ3n) is 3.54. The minimum atomic E-state index is -0.454. The Morgan fingerprint density at radius 1 is 1.00 bits per heavy atom. The number of hydrogen-bond acceptors (Lipinski definition) is 6. The molecule has 0 aromatic carbocycles. The molecular formula is C15H9ClN6O2. The second-order valence-electron chi connectivity index (χ2n) is 5.24. The zero-order valence-electron chi connectivity index (χ0n) is 12.3. The van der Waals surface area contributed by atoms with Crippen LogP contribution in [0.3, 0.4) is 0 Å². The van der Waals surface area contributed by atoms with E-state index in [1.165, 1.54) is 0 Å². The first kappa shape index (κ1) is 14.5. The predicted octanol–water partition coefficient (Wildman–Crippen LogP) is 1.54. The Morgan fingerprint density at radius 2 is 1.67 bits per heavy atom. The van der Waals surface area contributed by atoms with E-state index in [0.717, 1.165) is 5.56 Å². The van der Waals surface area contributed by atoms with Crippen molar-refractivity contribution in [3.63, 3.8) is 0 Å². The number of carbonyl (C=O) groups excluding carboxylic acids is 2. The van der Waals surface area contributed by atoms with Crippen LogP contribution in [0.5, 0.6) is 0 Å². The van der Waals surface area contributed by atoms with Gasteiger partial charge in [-0.2, -0.15) is 0 Å². The van der Waals surface area contributed by atoms with Gasteiger partial charge in [0.2, 0.25) is 0 Å². The van der Waals surface area contributed by atoms with E-state index in [4.69, 9.17) is 11.6 Å². The van der Waals surface area contributed by atoms with E-state index >= 15 is 0 Å². The summed E-state index contributed by atoms with van der Waals surface area (Å²) in [4.78, 5) is 32.2. The van der Waals surface area contributed by atoms with Crippen molar-refractivity contribution in [2.75, 3.05) is 10.6 Å². The van der Waals surface area contributed by atoms with Crippen LogP contribution in [0.25, 0.3) is 0 Å². The number of carbonyl (C=O) groups is 2. The van der Waals surface area contributed by atoms with Gasteiger partial charge in [-0.3, -0.25) is 9.59 Å². The van der Waals surface area contributed by atoms with Gasteiger partial charge in [0.15, 0.2) is 11.4 Å². The fraction of sp³-hybridized carbons (Fsp3) is 0.0667. The summed E-state index contributed by atoms with van der Waals surface area (Å²) in [7, 11) is 0. The highest BCUT2D eigenvalue weighted by molar-refractivity contribution is 6.55. The molecule has 0 fully saturated rings. The molecule has 0 saturated carbocycles. The zero-order valence-corrected chi connectivity index (χ0v) is 13.0. The maximum atomic E-state index is 12.0. The van der Waals surface area contributed by atoms with E-state index < -0.39 is 11.8 Å². The van der Waals surface area contributed by atoms with Crippen LogP contribution in [0.2, 0.25) is 5.15 Å². The molecule has 0 bridgehead atoms. The Balaban J connectivity index is 1.79. The van der Waals surface area contributed by atoms with E-state index in [2.05, 4.69) is 30.8 Å². The highest BCUT2D eigenvalue weighted by atomic mass is 35.5. The smallest absolute Gasteiger partial charge is 0.278 e. The summed E-state index contributed by atoms with van der Waals surface area (Å²) in [6.45, 7) is 1.86. The molecule has 2 aliphatic rings. The third-order valence-corrected chi connectivity index (χ3v) is 3.75. The monoisotopic (exact) mass is 340 g/mol. The Morgan fingerprint density at radius 3 is 2.42 bits per heavy atom. The van der Waals surface area contributed by atoms with Crippen LogP contribution in [-0.4, -0.2) is 33.2 Å². The molecular weight excluding hydrogens is 332 g/mol. The van der Waals surface area contributed by atoms with Crippen molar-refractivity contribution in [2.45, 2.75) is 6.92 Å². The van der Waals surface area contributed by atoms with Gasteiger partial charge >= 0.3 is 0 Å². The average molecular weight is 341 g/mol. The SMILES string of the molecule is Cc1cnc2c(c1)/C(=N/N=C1\C(=O)Nc3nc(Cl)ccc31)C(=O)N2. The first-order valence-corrected chi connectivity index (χ1v) is 7.33. The molecule has 0 aliphatic carbocycles. The lowest BCUT2D eigenvalue weighted by atomic mass is 10.1. The number of fused-ring (bicyclic) bond motifs is 2. The quantitative estimate of drug-likeness (QED) is 0.606. The molecule has 4 heterocycles. The van der Waals surface area contributed by atoms with E-state index in [0.29, 0.717) is 22.8 Å². The molecule has 118 valence electrons. The number of nitrogens with one attached hydrogen (secondary N) is 2. The summed E-state index contributed by atoms with van der Waals surface area (Å²) >= 11 is 5.80. The number of anilines is 2. The predicted molar refractivity (Wildman–Crippen MR) is 88.6 cm³/mol. The molecule has 0 unspecified atom stereocenters. The van der Waals surface area contributed by atoms with Crippen LogP contribution in [0.4, 0.5) is 11.6 Å². The molecule has 2 N–H and O–H groups in total.